The third-order valence-electron chi connectivity index (χ3n) is 7.77. The monoisotopic (exact) mass is 594 g/mol. The van der Waals surface area contributed by atoms with E-state index in [1.807, 2.05) is 0 Å². The third kappa shape index (κ3) is 4.42. The fourth-order valence-corrected chi connectivity index (χ4v) is 5.75. The second-order valence-electron chi connectivity index (χ2n) is 10.5. The summed E-state index contributed by atoms with van der Waals surface area (Å²) in [5, 5.41) is 115. The Morgan fingerprint density at radius 3 is 1.72 bits per heavy atom. The minimum Gasteiger partial charge on any atom is -0.508 e. The van der Waals surface area contributed by atoms with Gasteiger partial charge in [-0.2, -0.15) is 0 Å². The maximum Gasteiger partial charge on any atom is 0.200 e. The summed E-state index contributed by atoms with van der Waals surface area (Å²) in [6.45, 7) is 0. The van der Waals surface area contributed by atoms with Crippen molar-refractivity contribution in [3.63, 3.8) is 0 Å². The largest absolute Gasteiger partial charge is 0.508 e. The summed E-state index contributed by atoms with van der Waals surface area (Å²) < 4.78 is 12.1. The van der Waals surface area contributed by atoms with Crippen LogP contribution in [0, 0.1) is 0 Å². The number of aliphatic hydroxyl groups is 2. The summed E-state index contributed by atoms with van der Waals surface area (Å²) in [6.07, 6.45) is -5.79. The fourth-order valence-electron chi connectivity index (χ4n) is 5.75. The first-order chi connectivity index (χ1) is 20.3. The molecule has 4 aromatic carbocycles. The van der Waals surface area contributed by atoms with Gasteiger partial charge in [-0.1, -0.05) is 6.07 Å². The third-order valence-corrected chi connectivity index (χ3v) is 7.77. The zero-order chi connectivity index (χ0) is 30.9. The van der Waals surface area contributed by atoms with Gasteiger partial charge >= 0.3 is 0 Å². The van der Waals surface area contributed by atoms with Crippen LogP contribution < -0.4 is 9.47 Å². The van der Waals surface area contributed by atoms with Crippen LogP contribution in [0.1, 0.15) is 45.9 Å². The molecule has 13 heteroatoms. The van der Waals surface area contributed by atoms with Crippen LogP contribution in [-0.4, -0.2) is 68.4 Å². The molecule has 0 saturated carbocycles. The molecule has 4 aromatic rings. The lowest BCUT2D eigenvalue weighted by Gasteiger charge is -2.40. The Morgan fingerprint density at radius 2 is 1.14 bits per heavy atom. The molecule has 0 bridgehead atoms. The quantitative estimate of drug-likeness (QED) is 0.153. The van der Waals surface area contributed by atoms with Crippen molar-refractivity contribution in [2.24, 2.45) is 0 Å². The average molecular weight is 595 g/mol. The minimum atomic E-state index is -1.59. The fraction of sp³-hybridized carbons (Fsp3) is 0.200. The number of hydrogen-bond acceptors (Lipinski definition) is 13. The number of aromatic hydroxyl groups is 9. The summed E-state index contributed by atoms with van der Waals surface area (Å²) >= 11 is 0. The normalized spacial score (nSPS) is 22.6. The molecule has 224 valence electrons. The molecule has 2 aliphatic rings. The number of rotatable bonds is 3. The lowest BCUT2D eigenvalue weighted by Crippen LogP contribution is -2.36. The number of fused-ring (bicyclic) bond motifs is 2. The van der Waals surface area contributed by atoms with Crippen LogP contribution in [0.4, 0.5) is 0 Å². The molecular weight excluding hydrogens is 568 g/mol. The first kappa shape index (κ1) is 27.8. The topological polar surface area (TPSA) is 241 Å². The Labute approximate surface area is 242 Å². The number of hydrogen-bond donors (Lipinski definition) is 11. The van der Waals surface area contributed by atoms with E-state index in [1.54, 1.807) is 0 Å². The van der Waals surface area contributed by atoms with Gasteiger partial charge in [-0.3, -0.25) is 0 Å². The van der Waals surface area contributed by atoms with Crippen LogP contribution in [0.15, 0.2) is 48.5 Å². The predicted molar refractivity (Wildman–Crippen MR) is 145 cm³/mol. The van der Waals surface area contributed by atoms with Crippen molar-refractivity contribution >= 4 is 0 Å². The van der Waals surface area contributed by atoms with Gasteiger partial charge in [-0.05, 0) is 30.3 Å². The van der Waals surface area contributed by atoms with E-state index in [1.165, 1.54) is 18.2 Å². The van der Waals surface area contributed by atoms with Crippen molar-refractivity contribution < 1.29 is 65.6 Å². The van der Waals surface area contributed by atoms with Gasteiger partial charge in [0.05, 0.1) is 6.10 Å². The molecule has 43 heavy (non-hydrogen) atoms. The van der Waals surface area contributed by atoms with E-state index in [4.69, 9.17) is 9.47 Å². The molecule has 2 aliphatic heterocycles. The zero-order valence-corrected chi connectivity index (χ0v) is 21.9. The van der Waals surface area contributed by atoms with Gasteiger partial charge in [-0.25, -0.2) is 0 Å². The van der Waals surface area contributed by atoms with Crippen molar-refractivity contribution in [1.82, 2.24) is 0 Å². The second kappa shape index (κ2) is 9.86. The van der Waals surface area contributed by atoms with E-state index >= 15 is 0 Å². The molecule has 6 rings (SSSR count). The van der Waals surface area contributed by atoms with Crippen molar-refractivity contribution in [2.75, 3.05) is 0 Å². The van der Waals surface area contributed by atoms with Gasteiger partial charge in [-0.15, -0.1) is 0 Å². The lowest BCUT2D eigenvalue weighted by atomic mass is 9.77. The van der Waals surface area contributed by atoms with Crippen molar-refractivity contribution in [1.29, 1.82) is 0 Å². The summed E-state index contributed by atoms with van der Waals surface area (Å²) in [4.78, 5) is 0. The van der Waals surface area contributed by atoms with Crippen molar-refractivity contribution in [3.05, 3.63) is 76.3 Å². The molecule has 0 spiro atoms. The highest BCUT2D eigenvalue weighted by atomic mass is 16.5. The Balaban J connectivity index is 1.54. The Morgan fingerprint density at radius 1 is 0.581 bits per heavy atom. The highest BCUT2D eigenvalue weighted by Gasteiger charge is 2.45. The highest BCUT2D eigenvalue weighted by Crippen LogP contribution is 2.56. The van der Waals surface area contributed by atoms with Crippen LogP contribution >= 0.6 is 0 Å². The second-order valence-corrected chi connectivity index (χ2v) is 10.5. The van der Waals surface area contributed by atoms with Crippen molar-refractivity contribution in [3.8, 4) is 63.2 Å². The van der Waals surface area contributed by atoms with E-state index in [9.17, 15) is 56.2 Å². The number of phenols is 9. The molecule has 0 fully saturated rings. The number of aliphatic hydroxyl groups excluding tert-OH is 2. The molecular formula is C30H26O13. The first-order valence-electron chi connectivity index (χ1n) is 12.9. The SMILES string of the molecule is Oc1ccc2c(c1)O[C@H](c1cc(O)c(O)c(O)c1)[C@@H](O)[C@H]2c1c(O)cc(O)c2c1O[C@H](c1cc(O)c(O)c(O)c1)[C@@H](O)C2. The predicted octanol–water partition coefficient (Wildman–Crippen LogP) is 2.70. The molecule has 0 unspecified atom stereocenters. The molecule has 0 aromatic heterocycles. The summed E-state index contributed by atoms with van der Waals surface area (Å²) in [6, 6.07) is 9.28. The summed E-state index contributed by atoms with van der Waals surface area (Å²) in [5.74, 6) is -6.80. The number of phenolic OH excluding ortho intramolecular Hbond substituents is 9. The van der Waals surface area contributed by atoms with E-state index in [2.05, 4.69) is 0 Å². The average Bonchev–Trinajstić information content (AvgIpc) is 2.95. The van der Waals surface area contributed by atoms with Gasteiger partial charge in [0.25, 0.3) is 0 Å². The van der Waals surface area contributed by atoms with E-state index < -0.39 is 76.3 Å². The first-order valence-corrected chi connectivity index (χ1v) is 12.9. The van der Waals surface area contributed by atoms with Crippen LogP contribution in [0.2, 0.25) is 0 Å². The number of benzene rings is 4. The van der Waals surface area contributed by atoms with Crippen LogP contribution in [0.3, 0.4) is 0 Å². The molecule has 13 nitrogen and oxygen atoms in total. The highest BCUT2D eigenvalue weighted by molar-refractivity contribution is 5.64. The maximum absolute atomic E-state index is 11.8. The maximum atomic E-state index is 11.8. The van der Waals surface area contributed by atoms with E-state index in [0.717, 1.165) is 30.3 Å². The van der Waals surface area contributed by atoms with Crippen LogP contribution in [-0.2, 0) is 6.42 Å². The molecule has 0 aliphatic carbocycles. The summed E-state index contributed by atoms with van der Waals surface area (Å²) in [7, 11) is 0. The summed E-state index contributed by atoms with van der Waals surface area (Å²) in [5.41, 5.74) is 0.348. The number of ether oxygens (including phenoxy) is 2. The van der Waals surface area contributed by atoms with Crippen molar-refractivity contribution in [2.45, 2.75) is 36.8 Å². The minimum absolute atomic E-state index is 0.0238. The molecule has 0 saturated heterocycles. The molecule has 11 N–H and O–H groups in total. The van der Waals surface area contributed by atoms with Gasteiger partial charge in [0.1, 0.15) is 34.9 Å². The molecule has 0 radical (unpaired) electrons. The molecule has 5 atom stereocenters. The Bertz CT molecular complexity index is 1720. The molecule has 2 heterocycles. The van der Waals surface area contributed by atoms with E-state index in [-0.39, 0.29) is 51.5 Å². The van der Waals surface area contributed by atoms with Gasteiger partial charge in [0.15, 0.2) is 46.7 Å². The van der Waals surface area contributed by atoms with Gasteiger partial charge in [0.2, 0.25) is 0 Å². The zero-order valence-electron chi connectivity index (χ0n) is 21.9. The molecule has 0 amide bonds. The smallest absolute Gasteiger partial charge is 0.200 e. The van der Waals surface area contributed by atoms with E-state index in [0.29, 0.717) is 0 Å². The van der Waals surface area contributed by atoms with Gasteiger partial charge < -0.3 is 65.6 Å². The lowest BCUT2D eigenvalue weighted by molar-refractivity contribution is 0.00176. The standard InChI is InChI=1S/C30H26O13/c31-12-1-2-13-22(7-12)42-29(11-5-19(36)26(40)20(37)6-11)27(41)23(13)24-16(33)9-15(32)14-8-21(38)28(43-30(14)24)10-3-17(34)25(39)18(35)4-10/h1-7,9,21,23,27-29,31-41H,8H2/t21-,23+,27-,28+,29+/m0/s1. The van der Waals surface area contributed by atoms with Crippen LogP contribution in [0.5, 0.6) is 63.2 Å². The van der Waals surface area contributed by atoms with Crippen LogP contribution in [0.25, 0.3) is 0 Å². The Hall–Kier alpha value is -5.40. The van der Waals surface area contributed by atoms with Gasteiger partial charge in [0, 0.05) is 52.3 Å². The Kier molecular flexibility index (Phi) is 6.36.